The summed E-state index contributed by atoms with van der Waals surface area (Å²) in [6, 6.07) is 5.65. The lowest BCUT2D eigenvalue weighted by molar-refractivity contribution is 0.371. The molecule has 0 atom stereocenters. The molecule has 2 rings (SSSR count). The van der Waals surface area contributed by atoms with Crippen LogP contribution in [-0.4, -0.2) is 22.0 Å². The lowest BCUT2D eigenvalue weighted by Crippen LogP contribution is -2.13. The van der Waals surface area contributed by atoms with E-state index in [0.29, 0.717) is 23.3 Å². The molecule has 0 spiro atoms. The van der Waals surface area contributed by atoms with E-state index in [2.05, 4.69) is 26.3 Å². The van der Waals surface area contributed by atoms with Crippen LogP contribution >= 0.6 is 15.9 Å². The van der Waals surface area contributed by atoms with Gasteiger partial charge in [0.05, 0.1) is 17.3 Å². The van der Waals surface area contributed by atoms with Gasteiger partial charge in [-0.25, -0.2) is 0 Å². The largest absolute Gasteiger partial charge is 0.503 e. The number of nitrogens with zero attached hydrogens (tertiary/aromatic N) is 2. The van der Waals surface area contributed by atoms with Crippen molar-refractivity contribution in [2.24, 2.45) is 7.05 Å². The number of rotatable bonds is 5. The second-order valence-electron chi connectivity index (χ2n) is 4.21. The number of halogens is 1. The lowest BCUT2D eigenvalue weighted by Gasteiger charge is -2.09. The molecule has 0 saturated carbocycles. The third-order valence-electron chi connectivity index (χ3n) is 2.71. The van der Waals surface area contributed by atoms with Gasteiger partial charge in [0.25, 0.3) is 0 Å². The molecular weight excluding hydrogens is 310 g/mol. The van der Waals surface area contributed by atoms with Crippen molar-refractivity contribution in [3.63, 3.8) is 0 Å². The van der Waals surface area contributed by atoms with E-state index < -0.39 is 0 Å². The molecule has 102 valence electrons. The standard InChI is InChI=1S/C13H16BrN3O2/c1-17-4-3-10(16-17)8-15-7-9-5-11(14)13(18)12(6-9)19-2/h3-6,15,18H,7-8H2,1-2H3. The summed E-state index contributed by atoms with van der Waals surface area (Å²) in [7, 11) is 3.43. The molecule has 0 fully saturated rings. The third-order valence-corrected chi connectivity index (χ3v) is 3.32. The highest BCUT2D eigenvalue weighted by Crippen LogP contribution is 2.35. The number of benzene rings is 1. The fraction of sp³-hybridized carbons (Fsp3) is 0.308. The Labute approximate surface area is 120 Å². The van der Waals surface area contributed by atoms with Gasteiger partial charge in [-0.2, -0.15) is 5.10 Å². The number of methoxy groups -OCH3 is 1. The summed E-state index contributed by atoms with van der Waals surface area (Å²) < 4.78 is 7.51. The normalized spacial score (nSPS) is 10.7. The van der Waals surface area contributed by atoms with Gasteiger partial charge in [-0.1, -0.05) is 0 Å². The molecule has 19 heavy (non-hydrogen) atoms. The number of phenols is 1. The minimum Gasteiger partial charge on any atom is -0.503 e. The monoisotopic (exact) mass is 325 g/mol. The maximum Gasteiger partial charge on any atom is 0.172 e. The molecular formula is C13H16BrN3O2. The first-order chi connectivity index (χ1) is 9.10. The van der Waals surface area contributed by atoms with Crippen LogP contribution < -0.4 is 10.1 Å². The Morgan fingerprint density at radius 1 is 1.42 bits per heavy atom. The van der Waals surface area contributed by atoms with Gasteiger partial charge in [-0.3, -0.25) is 4.68 Å². The number of ether oxygens (including phenoxy) is 1. The van der Waals surface area contributed by atoms with Crippen LogP contribution in [-0.2, 0) is 20.1 Å². The van der Waals surface area contributed by atoms with Crippen LogP contribution in [0.3, 0.4) is 0 Å². The second-order valence-corrected chi connectivity index (χ2v) is 5.07. The number of phenolic OH excluding ortho intramolecular Hbond substituents is 1. The summed E-state index contributed by atoms with van der Waals surface area (Å²) in [6.45, 7) is 1.37. The lowest BCUT2D eigenvalue weighted by atomic mass is 10.2. The maximum atomic E-state index is 9.72. The molecule has 1 aromatic heterocycles. The maximum absolute atomic E-state index is 9.72. The zero-order valence-corrected chi connectivity index (χ0v) is 12.4. The van der Waals surface area contributed by atoms with Gasteiger partial charge < -0.3 is 15.2 Å². The highest BCUT2D eigenvalue weighted by atomic mass is 79.9. The zero-order chi connectivity index (χ0) is 13.8. The first kappa shape index (κ1) is 13.9. The average molecular weight is 326 g/mol. The Bertz CT molecular complexity index is 569. The molecule has 1 aromatic carbocycles. The van der Waals surface area contributed by atoms with Crippen LogP contribution in [0.15, 0.2) is 28.9 Å². The van der Waals surface area contributed by atoms with Crippen molar-refractivity contribution < 1.29 is 9.84 Å². The van der Waals surface area contributed by atoms with Crippen molar-refractivity contribution in [3.05, 3.63) is 40.1 Å². The number of nitrogens with one attached hydrogen (secondary N) is 1. The predicted molar refractivity (Wildman–Crippen MR) is 76.1 cm³/mol. The molecule has 0 aliphatic heterocycles. The second kappa shape index (κ2) is 6.08. The minimum absolute atomic E-state index is 0.121. The number of hydrogen-bond donors (Lipinski definition) is 2. The number of aromatic hydroxyl groups is 1. The Morgan fingerprint density at radius 2 is 2.21 bits per heavy atom. The summed E-state index contributed by atoms with van der Waals surface area (Å²) in [5.74, 6) is 0.583. The van der Waals surface area contributed by atoms with Gasteiger partial charge in [0.2, 0.25) is 0 Å². The average Bonchev–Trinajstić information content (AvgIpc) is 2.79. The minimum atomic E-state index is 0.121. The quantitative estimate of drug-likeness (QED) is 0.884. The summed E-state index contributed by atoms with van der Waals surface area (Å²) in [5.41, 5.74) is 2.02. The van der Waals surface area contributed by atoms with Gasteiger partial charge in [-0.05, 0) is 39.7 Å². The molecule has 6 heteroatoms. The van der Waals surface area contributed by atoms with E-state index in [0.717, 1.165) is 11.3 Å². The van der Waals surface area contributed by atoms with E-state index in [9.17, 15) is 5.11 Å². The molecule has 1 heterocycles. The molecule has 5 nitrogen and oxygen atoms in total. The van der Waals surface area contributed by atoms with Gasteiger partial charge in [0.15, 0.2) is 11.5 Å². The first-order valence-corrected chi connectivity index (χ1v) is 6.64. The molecule has 0 bridgehead atoms. The highest BCUT2D eigenvalue weighted by molar-refractivity contribution is 9.10. The molecule has 0 radical (unpaired) electrons. The zero-order valence-electron chi connectivity index (χ0n) is 10.9. The summed E-state index contributed by atoms with van der Waals surface area (Å²) in [4.78, 5) is 0. The molecule has 0 amide bonds. The number of aryl methyl sites for hydroxylation is 1. The van der Waals surface area contributed by atoms with Crippen LogP contribution in [0.4, 0.5) is 0 Å². The predicted octanol–water partition coefficient (Wildman–Crippen LogP) is 2.19. The van der Waals surface area contributed by atoms with Crippen molar-refractivity contribution in [2.75, 3.05) is 7.11 Å². The van der Waals surface area contributed by atoms with Crippen molar-refractivity contribution in [1.29, 1.82) is 0 Å². The number of hydrogen-bond acceptors (Lipinski definition) is 4. The summed E-state index contributed by atoms with van der Waals surface area (Å²) in [5, 5.41) is 17.3. The van der Waals surface area contributed by atoms with E-state index in [1.807, 2.05) is 31.4 Å². The number of aromatic nitrogens is 2. The Hall–Kier alpha value is -1.53. The fourth-order valence-electron chi connectivity index (χ4n) is 1.78. The van der Waals surface area contributed by atoms with Crippen molar-refractivity contribution in [2.45, 2.75) is 13.1 Å². The van der Waals surface area contributed by atoms with Gasteiger partial charge >= 0.3 is 0 Å². The van der Waals surface area contributed by atoms with Gasteiger partial charge in [0.1, 0.15) is 0 Å². The summed E-state index contributed by atoms with van der Waals surface area (Å²) in [6.07, 6.45) is 1.91. The molecule has 0 unspecified atom stereocenters. The highest BCUT2D eigenvalue weighted by Gasteiger charge is 2.08. The Morgan fingerprint density at radius 3 is 2.84 bits per heavy atom. The van der Waals surface area contributed by atoms with E-state index >= 15 is 0 Å². The SMILES string of the molecule is COc1cc(CNCc2ccn(C)n2)cc(Br)c1O. The van der Waals surface area contributed by atoms with Crippen LogP contribution in [0.1, 0.15) is 11.3 Å². The van der Waals surface area contributed by atoms with Crippen molar-refractivity contribution in [3.8, 4) is 11.5 Å². The smallest absolute Gasteiger partial charge is 0.172 e. The topological polar surface area (TPSA) is 59.3 Å². The Balaban J connectivity index is 1.98. The van der Waals surface area contributed by atoms with Crippen molar-refractivity contribution >= 4 is 15.9 Å². The van der Waals surface area contributed by atoms with Crippen LogP contribution in [0.25, 0.3) is 0 Å². The molecule has 0 aliphatic rings. The molecule has 2 aromatic rings. The van der Waals surface area contributed by atoms with Gasteiger partial charge in [0, 0.05) is 26.3 Å². The van der Waals surface area contributed by atoms with Crippen LogP contribution in [0.2, 0.25) is 0 Å². The van der Waals surface area contributed by atoms with E-state index in [-0.39, 0.29) is 5.75 Å². The fourth-order valence-corrected chi connectivity index (χ4v) is 2.27. The molecule has 2 N–H and O–H groups in total. The van der Waals surface area contributed by atoms with E-state index in [1.54, 1.807) is 4.68 Å². The molecule has 0 saturated heterocycles. The van der Waals surface area contributed by atoms with Crippen LogP contribution in [0.5, 0.6) is 11.5 Å². The van der Waals surface area contributed by atoms with E-state index in [1.165, 1.54) is 7.11 Å². The summed E-state index contributed by atoms with van der Waals surface area (Å²) >= 11 is 3.30. The third kappa shape index (κ3) is 3.48. The Kier molecular flexibility index (Phi) is 4.44. The first-order valence-electron chi connectivity index (χ1n) is 5.84. The van der Waals surface area contributed by atoms with Crippen LogP contribution in [0, 0.1) is 0 Å². The van der Waals surface area contributed by atoms with Gasteiger partial charge in [-0.15, -0.1) is 0 Å². The molecule has 0 aliphatic carbocycles. The van der Waals surface area contributed by atoms with Crippen molar-refractivity contribution in [1.82, 2.24) is 15.1 Å². The van der Waals surface area contributed by atoms with E-state index in [4.69, 9.17) is 4.74 Å².